The Morgan fingerprint density at radius 3 is 2.06 bits per heavy atom. The fourth-order valence-corrected chi connectivity index (χ4v) is 3.48. The number of fused-ring (bicyclic) bond motifs is 5. The first kappa shape index (κ1) is 11.1. The molecule has 2 atom stereocenters. The van der Waals surface area contributed by atoms with Gasteiger partial charge in [0.05, 0.1) is 6.04 Å². The highest BCUT2D eigenvalue weighted by Gasteiger charge is 2.43. The molecule has 92 valence electrons. The van der Waals surface area contributed by atoms with E-state index in [0.717, 1.165) is 19.3 Å². The van der Waals surface area contributed by atoms with Crippen molar-refractivity contribution in [2.45, 2.75) is 37.4 Å². The molecule has 1 aromatic rings. The second-order valence-corrected chi connectivity index (χ2v) is 5.00. The van der Waals surface area contributed by atoms with E-state index in [4.69, 9.17) is 0 Å². The van der Waals surface area contributed by atoms with Gasteiger partial charge in [-0.05, 0) is 30.4 Å². The molecule has 2 bridgehead atoms. The summed E-state index contributed by atoms with van der Waals surface area (Å²) in [6.07, 6.45) is 3.22. The highest BCUT2D eigenvalue weighted by molar-refractivity contribution is 5.38. The van der Waals surface area contributed by atoms with E-state index in [1.807, 2.05) is 12.1 Å². The van der Waals surface area contributed by atoms with E-state index >= 15 is 0 Å². The molecule has 3 heteroatoms. The van der Waals surface area contributed by atoms with Crippen LogP contribution in [0.15, 0.2) is 24.3 Å². The molecule has 17 heavy (non-hydrogen) atoms. The van der Waals surface area contributed by atoms with Crippen LogP contribution in [0.5, 0.6) is 0 Å². The van der Waals surface area contributed by atoms with E-state index in [1.54, 1.807) is 0 Å². The van der Waals surface area contributed by atoms with Crippen molar-refractivity contribution in [1.29, 1.82) is 0 Å². The second-order valence-electron chi connectivity index (χ2n) is 5.00. The number of halogens is 2. The van der Waals surface area contributed by atoms with Gasteiger partial charge >= 0.3 is 0 Å². The van der Waals surface area contributed by atoms with Crippen LogP contribution in [0.4, 0.5) is 8.78 Å². The Kier molecular flexibility index (Phi) is 2.87. The molecule has 0 N–H and O–H groups in total. The van der Waals surface area contributed by atoms with Crippen molar-refractivity contribution in [3.05, 3.63) is 35.4 Å². The third-order valence-corrected chi connectivity index (χ3v) is 4.17. The summed E-state index contributed by atoms with van der Waals surface area (Å²) >= 11 is 0. The number of nitrogens with zero attached hydrogens (tertiary/aromatic N) is 1. The van der Waals surface area contributed by atoms with Gasteiger partial charge in [0.1, 0.15) is 13.3 Å². The minimum absolute atomic E-state index is 0.237. The van der Waals surface area contributed by atoms with Crippen LogP contribution in [0.1, 0.15) is 42.5 Å². The molecule has 2 aliphatic heterocycles. The van der Waals surface area contributed by atoms with Gasteiger partial charge in [-0.15, -0.1) is 0 Å². The van der Waals surface area contributed by atoms with Crippen LogP contribution in [0.25, 0.3) is 0 Å². The SMILES string of the molecule is FCC(CF)N1C2CCCC1c1ccccc12. The van der Waals surface area contributed by atoms with Crippen LogP contribution in [-0.2, 0) is 0 Å². The van der Waals surface area contributed by atoms with Gasteiger partial charge in [0.25, 0.3) is 0 Å². The molecule has 0 spiro atoms. The lowest BCUT2D eigenvalue weighted by Crippen LogP contribution is -2.41. The standard InChI is InChI=1S/C14H17F2N/c15-8-10(9-16)17-13-6-3-7-14(17)12-5-2-1-4-11(12)13/h1-2,4-5,10,13-14H,3,6-9H2. The molecule has 2 unspecified atom stereocenters. The van der Waals surface area contributed by atoms with Crippen molar-refractivity contribution in [1.82, 2.24) is 4.90 Å². The van der Waals surface area contributed by atoms with Gasteiger partial charge in [-0.25, -0.2) is 8.78 Å². The lowest BCUT2D eigenvalue weighted by Gasteiger charge is -2.38. The number of hydrogen-bond donors (Lipinski definition) is 0. The Balaban J connectivity index is 2.00. The van der Waals surface area contributed by atoms with Crippen LogP contribution in [0.3, 0.4) is 0 Å². The Morgan fingerprint density at radius 1 is 1.06 bits per heavy atom. The molecular formula is C14H17F2N. The normalized spacial score (nSPS) is 27.5. The Bertz CT molecular complexity index is 372. The fraction of sp³-hybridized carbons (Fsp3) is 0.571. The molecule has 0 saturated carbocycles. The summed E-state index contributed by atoms with van der Waals surface area (Å²) in [5.41, 5.74) is 2.59. The number of rotatable bonds is 3. The smallest absolute Gasteiger partial charge is 0.107 e. The molecule has 0 amide bonds. The zero-order valence-corrected chi connectivity index (χ0v) is 9.78. The Labute approximate surface area is 100 Å². The van der Waals surface area contributed by atoms with Gasteiger partial charge < -0.3 is 0 Å². The van der Waals surface area contributed by atoms with Gasteiger partial charge in [0.15, 0.2) is 0 Å². The topological polar surface area (TPSA) is 3.24 Å². The van der Waals surface area contributed by atoms with E-state index in [-0.39, 0.29) is 12.1 Å². The van der Waals surface area contributed by atoms with Crippen LogP contribution in [-0.4, -0.2) is 24.3 Å². The zero-order valence-electron chi connectivity index (χ0n) is 9.78. The zero-order chi connectivity index (χ0) is 11.8. The van der Waals surface area contributed by atoms with Crippen molar-refractivity contribution in [2.75, 3.05) is 13.3 Å². The first-order valence-corrected chi connectivity index (χ1v) is 6.35. The molecule has 2 heterocycles. The number of piperidine rings is 1. The van der Waals surface area contributed by atoms with Crippen LogP contribution >= 0.6 is 0 Å². The Hall–Kier alpha value is -0.960. The average Bonchev–Trinajstić information content (AvgIpc) is 2.57. The van der Waals surface area contributed by atoms with Gasteiger partial charge in [-0.3, -0.25) is 4.90 Å². The number of hydrogen-bond acceptors (Lipinski definition) is 1. The summed E-state index contributed by atoms with van der Waals surface area (Å²) in [6, 6.07) is 8.20. The van der Waals surface area contributed by atoms with Crippen molar-refractivity contribution >= 4 is 0 Å². The summed E-state index contributed by atoms with van der Waals surface area (Å²) in [6.45, 7) is -1.17. The first-order chi connectivity index (χ1) is 8.36. The summed E-state index contributed by atoms with van der Waals surface area (Å²) in [7, 11) is 0. The summed E-state index contributed by atoms with van der Waals surface area (Å²) in [5.74, 6) is 0. The molecule has 1 nitrogen and oxygen atoms in total. The van der Waals surface area contributed by atoms with E-state index < -0.39 is 19.4 Å². The number of benzene rings is 1. The summed E-state index contributed by atoms with van der Waals surface area (Å²) in [5, 5.41) is 0. The maximum atomic E-state index is 13.0. The molecular weight excluding hydrogens is 220 g/mol. The molecule has 1 aromatic carbocycles. The van der Waals surface area contributed by atoms with Gasteiger partial charge in [-0.2, -0.15) is 0 Å². The van der Waals surface area contributed by atoms with Crippen molar-refractivity contribution in [2.24, 2.45) is 0 Å². The molecule has 3 rings (SSSR count). The lowest BCUT2D eigenvalue weighted by atomic mass is 9.98. The number of alkyl halides is 2. The third-order valence-electron chi connectivity index (χ3n) is 4.17. The van der Waals surface area contributed by atoms with E-state index in [9.17, 15) is 8.78 Å². The maximum absolute atomic E-state index is 13.0. The molecule has 0 aliphatic carbocycles. The summed E-state index contributed by atoms with van der Waals surface area (Å²) in [4.78, 5) is 2.08. The van der Waals surface area contributed by atoms with Crippen molar-refractivity contribution in [3.8, 4) is 0 Å². The highest BCUT2D eigenvalue weighted by atomic mass is 19.1. The molecule has 1 fully saturated rings. The van der Waals surface area contributed by atoms with E-state index in [2.05, 4.69) is 17.0 Å². The van der Waals surface area contributed by atoms with Crippen molar-refractivity contribution in [3.63, 3.8) is 0 Å². The van der Waals surface area contributed by atoms with Crippen molar-refractivity contribution < 1.29 is 8.78 Å². The third kappa shape index (κ3) is 1.60. The minimum atomic E-state index is -0.586. The average molecular weight is 237 g/mol. The molecule has 1 saturated heterocycles. The van der Waals surface area contributed by atoms with Gasteiger partial charge in [0, 0.05) is 12.1 Å². The van der Waals surface area contributed by atoms with Gasteiger partial charge in [-0.1, -0.05) is 24.3 Å². The molecule has 0 aromatic heterocycles. The summed E-state index contributed by atoms with van der Waals surface area (Å²) < 4.78 is 25.9. The quantitative estimate of drug-likeness (QED) is 0.776. The molecule has 0 radical (unpaired) electrons. The monoisotopic (exact) mass is 237 g/mol. The molecule has 2 aliphatic rings. The lowest BCUT2D eigenvalue weighted by molar-refractivity contribution is 0.0335. The van der Waals surface area contributed by atoms with Crippen LogP contribution < -0.4 is 0 Å². The second kappa shape index (κ2) is 4.37. The first-order valence-electron chi connectivity index (χ1n) is 6.35. The Morgan fingerprint density at radius 2 is 1.59 bits per heavy atom. The predicted octanol–water partition coefficient (Wildman–Crippen LogP) is 3.58. The van der Waals surface area contributed by atoms with E-state index in [0.29, 0.717) is 0 Å². The minimum Gasteiger partial charge on any atom is -0.281 e. The van der Waals surface area contributed by atoms with Crippen LogP contribution in [0, 0.1) is 0 Å². The highest BCUT2D eigenvalue weighted by Crippen LogP contribution is 2.51. The largest absolute Gasteiger partial charge is 0.281 e. The predicted molar refractivity (Wildman–Crippen MR) is 63.4 cm³/mol. The van der Waals surface area contributed by atoms with Crippen LogP contribution in [0.2, 0.25) is 0 Å². The van der Waals surface area contributed by atoms with Gasteiger partial charge in [0.2, 0.25) is 0 Å². The maximum Gasteiger partial charge on any atom is 0.107 e. The van der Waals surface area contributed by atoms with E-state index in [1.165, 1.54) is 11.1 Å². The fourth-order valence-electron chi connectivity index (χ4n) is 3.48.